The summed E-state index contributed by atoms with van der Waals surface area (Å²) in [5.41, 5.74) is 1.51. The average Bonchev–Trinajstić information content (AvgIpc) is 3.66. The molecule has 2 amide bonds. The lowest BCUT2D eigenvalue weighted by Gasteiger charge is -2.71. The van der Waals surface area contributed by atoms with Crippen LogP contribution in [0.4, 0.5) is 0 Å². The molecule has 59 heavy (non-hydrogen) atoms. The standard InChI is InChI=1S/C45H69N5O9/c1-25(52)47-35-29(20-31(38(56)58-9)59-37(35)36(55)30(53)24-51)50-23-26(48-49-50)22-46-39(57)45-18-16-40(2,3)21-28(45)27-10-11-33-42(6)14-13-34(54)41(4,5)32(42)12-15-44(33,8)43(27,7)17-19-45/h10,20,23,28-30,32-37,51,53-55H,11-19,21-22,24H2,1-9H3,(H,46,57)(H,47,52)/t28-,29+,30+,32-,33+,34-,35+,36+,37+,42-,43+,44+,45-/m0/s1. The van der Waals surface area contributed by atoms with Crippen LogP contribution in [-0.4, -0.2) is 97.4 Å². The first-order valence-electron chi connectivity index (χ1n) is 21.9. The van der Waals surface area contributed by atoms with Crippen molar-refractivity contribution in [3.63, 3.8) is 0 Å². The van der Waals surface area contributed by atoms with Crippen molar-refractivity contribution in [3.8, 4) is 0 Å². The van der Waals surface area contributed by atoms with Crippen LogP contribution < -0.4 is 10.6 Å². The van der Waals surface area contributed by atoms with Gasteiger partial charge in [-0.05, 0) is 115 Å². The first kappa shape index (κ1) is 43.7. The number of fused-ring (bicyclic) bond motifs is 7. The van der Waals surface area contributed by atoms with Crippen molar-refractivity contribution in [3.05, 3.63) is 35.4 Å². The first-order chi connectivity index (χ1) is 27.6. The number of methoxy groups -OCH3 is 1. The van der Waals surface area contributed by atoms with E-state index < -0.39 is 54.3 Å². The number of rotatable bonds is 9. The Morgan fingerprint density at radius 2 is 1.71 bits per heavy atom. The third-order valence-electron chi connectivity index (χ3n) is 17.3. The second-order valence-electron chi connectivity index (χ2n) is 21.2. The zero-order valence-electron chi connectivity index (χ0n) is 36.6. The van der Waals surface area contributed by atoms with Gasteiger partial charge < -0.3 is 40.5 Å². The molecule has 4 saturated carbocycles. The van der Waals surface area contributed by atoms with E-state index in [4.69, 9.17) is 9.47 Å². The topological polar surface area (TPSA) is 205 Å². The number of carbonyl (C=O) groups is 3. The van der Waals surface area contributed by atoms with E-state index in [0.29, 0.717) is 17.5 Å². The summed E-state index contributed by atoms with van der Waals surface area (Å²) in [6.07, 6.45) is 10.2. The Kier molecular flexibility index (Phi) is 11.3. The van der Waals surface area contributed by atoms with Crippen LogP contribution in [0.15, 0.2) is 29.7 Å². The molecule has 0 unspecified atom stereocenters. The van der Waals surface area contributed by atoms with E-state index in [1.165, 1.54) is 30.4 Å². The first-order valence-corrected chi connectivity index (χ1v) is 21.9. The molecule has 5 aliphatic carbocycles. The predicted molar refractivity (Wildman–Crippen MR) is 218 cm³/mol. The maximum Gasteiger partial charge on any atom is 0.373 e. The van der Waals surface area contributed by atoms with Crippen molar-refractivity contribution in [1.82, 2.24) is 25.6 Å². The Labute approximate surface area is 348 Å². The summed E-state index contributed by atoms with van der Waals surface area (Å²) >= 11 is 0. The molecule has 0 radical (unpaired) electrons. The van der Waals surface area contributed by atoms with Gasteiger partial charge in [0, 0.05) is 6.92 Å². The van der Waals surface area contributed by atoms with Crippen LogP contribution >= 0.6 is 0 Å². The summed E-state index contributed by atoms with van der Waals surface area (Å²) in [6, 6.07) is -1.96. The number of hydrogen-bond acceptors (Lipinski definition) is 11. The van der Waals surface area contributed by atoms with E-state index in [0.717, 1.165) is 64.2 Å². The van der Waals surface area contributed by atoms with Gasteiger partial charge in [-0.15, -0.1) is 5.10 Å². The monoisotopic (exact) mass is 824 g/mol. The molecule has 1 aromatic heterocycles. The van der Waals surface area contributed by atoms with E-state index in [1.54, 1.807) is 6.20 Å². The van der Waals surface area contributed by atoms with Gasteiger partial charge in [-0.1, -0.05) is 65.3 Å². The van der Waals surface area contributed by atoms with Crippen molar-refractivity contribution in [2.24, 2.45) is 50.2 Å². The number of aromatic nitrogens is 3. The lowest BCUT2D eigenvalue weighted by molar-refractivity contribution is -0.203. The molecule has 6 N–H and O–H groups in total. The summed E-state index contributed by atoms with van der Waals surface area (Å²) in [4.78, 5) is 39.9. The number of hydrogen-bond donors (Lipinski definition) is 6. The number of amides is 2. The number of ether oxygens (including phenoxy) is 2. The second kappa shape index (κ2) is 15.2. The Morgan fingerprint density at radius 1 is 1.00 bits per heavy atom. The van der Waals surface area contributed by atoms with Gasteiger partial charge in [0.2, 0.25) is 17.6 Å². The van der Waals surface area contributed by atoms with E-state index >= 15 is 0 Å². The molecule has 0 aromatic carbocycles. The van der Waals surface area contributed by atoms with Crippen LogP contribution in [0.5, 0.6) is 0 Å². The van der Waals surface area contributed by atoms with Crippen LogP contribution in [0.1, 0.15) is 131 Å². The van der Waals surface area contributed by atoms with Gasteiger partial charge in [-0.2, -0.15) is 0 Å². The zero-order valence-corrected chi connectivity index (χ0v) is 36.6. The number of aliphatic hydroxyl groups excluding tert-OH is 4. The van der Waals surface area contributed by atoms with Crippen LogP contribution in [0.2, 0.25) is 0 Å². The fraction of sp³-hybridized carbons (Fsp3) is 0.800. The molecular weight excluding hydrogens is 755 g/mol. The molecule has 2 heterocycles. The highest BCUT2D eigenvalue weighted by atomic mass is 16.6. The van der Waals surface area contributed by atoms with Gasteiger partial charge in [-0.25, -0.2) is 9.48 Å². The third-order valence-corrected chi connectivity index (χ3v) is 17.3. The minimum absolute atomic E-state index is 0.0257. The highest BCUT2D eigenvalue weighted by molar-refractivity contribution is 5.86. The highest BCUT2D eigenvalue weighted by Gasteiger charge is 2.69. The van der Waals surface area contributed by atoms with E-state index in [1.807, 2.05) is 0 Å². The van der Waals surface area contributed by atoms with Crippen LogP contribution in [0, 0.1) is 50.2 Å². The van der Waals surface area contributed by atoms with Crippen molar-refractivity contribution >= 4 is 17.8 Å². The molecule has 14 heteroatoms. The van der Waals surface area contributed by atoms with Crippen LogP contribution in [0.25, 0.3) is 0 Å². The predicted octanol–water partition coefficient (Wildman–Crippen LogP) is 4.27. The lowest BCUT2D eigenvalue weighted by atomic mass is 9.33. The largest absolute Gasteiger partial charge is 0.478 e. The third kappa shape index (κ3) is 6.95. The van der Waals surface area contributed by atoms with Gasteiger partial charge in [-0.3, -0.25) is 9.59 Å². The summed E-state index contributed by atoms with van der Waals surface area (Å²) in [5.74, 6) is -0.471. The number of esters is 1. The smallest absolute Gasteiger partial charge is 0.373 e. The van der Waals surface area contributed by atoms with E-state index in [2.05, 4.69) is 75.5 Å². The number of nitrogens with zero attached hydrogens (tertiary/aromatic N) is 3. The normalized spacial score (nSPS) is 40.5. The Hall–Kier alpha value is -3.33. The van der Waals surface area contributed by atoms with Gasteiger partial charge in [0.05, 0.1) is 50.1 Å². The molecule has 328 valence electrons. The minimum Gasteiger partial charge on any atom is -0.478 e. The SMILES string of the molecule is COC(=O)C1=C[C@@H](n2cc(CNC(=O)[C@]34CCC(C)(C)C[C@H]3C3=CC[C@@H]5[C@@]6(C)CC[C@H](O)C(C)(C)[C@@H]6CC[C@@]5(C)[C@]3(C)CC4)nn2)[C@@H](NC(C)=O)[C@H]([C@H](O)[C@H](O)CO)O1. The summed E-state index contributed by atoms with van der Waals surface area (Å²) in [6.45, 7) is 17.4. The molecular formula is C45H69N5O9. The maximum absolute atomic E-state index is 14.9. The Bertz CT molecular complexity index is 1880. The quantitative estimate of drug-likeness (QED) is 0.153. The molecule has 7 rings (SSSR count). The van der Waals surface area contributed by atoms with Gasteiger partial charge >= 0.3 is 5.97 Å². The van der Waals surface area contributed by atoms with Crippen molar-refractivity contribution < 1.29 is 44.3 Å². The fourth-order valence-electron chi connectivity index (χ4n) is 13.7. The molecule has 6 aliphatic rings. The number of nitrogens with one attached hydrogen (secondary N) is 2. The minimum atomic E-state index is -1.70. The number of aliphatic hydroxyl groups is 4. The average molecular weight is 824 g/mol. The molecule has 0 spiro atoms. The number of carbonyl (C=O) groups excluding carboxylic acids is 3. The summed E-state index contributed by atoms with van der Waals surface area (Å²) < 4.78 is 12.0. The second-order valence-corrected chi connectivity index (χ2v) is 21.2. The summed E-state index contributed by atoms with van der Waals surface area (Å²) in [5, 5.41) is 56.7. The molecule has 0 saturated heterocycles. The van der Waals surface area contributed by atoms with Gasteiger partial charge in [0.1, 0.15) is 24.0 Å². The summed E-state index contributed by atoms with van der Waals surface area (Å²) in [7, 11) is 1.17. The van der Waals surface area contributed by atoms with E-state index in [-0.39, 0.29) is 57.3 Å². The van der Waals surface area contributed by atoms with Crippen LogP contribution in [0.3, 0.4) is 0 Å². The molecule has 13 atom stereocenters. The van der Waals surface area contributed by atoms with Crippen molar-refractivity contribution in [2.75, 3.05) is 13.7 Å². The molecule has 1 aromatic rings. The molecule has 4 fully saturated rings. The Balaban J connectivity index is 1.15. The van der Waals surface area contributed by atoms with Gasteiger partial charge in [0.25, 0.3) is 0 Å². The maximum atomic E-state index is 14.9. The molecule has 1 aliphatic heterocycles. The van der Waals surface area contributed by atoms with E-state index in [9.17, 15) is 34.8 Å². The zero-order chi connectivity index (χ0) is 43.1. The van der Waals surface area contributed by atoms with Crippen molar-refractivity contribution in [2.45, 2.75) is 163 Å². The van der Waals surface area contributed by atoms with Gasteiger partial charge in [0.15, 0.2) is 0 Å². The Morgan fingerprint density at radius 3 is 2.39 bits per heavy atom. The molecule has 0 bridgehead atoms. The van der Waals surface area contributed by atoms with Crippen molar-refractivity contribution in [1.29, 1.82) is 0 Å². The number of allylic oxidation sites excluding steroid dienone is 2. The molecule has 14 nitrogen and oxygen atoms in total. The highest BCUT2D eigenvalue weighted by Crippen LogP contribution is 2.75. The fourth-order valence-corrected chi connectivity index (χ4v) is 13.7. The lowest BCUT2D eigenvalue weighted by Crippen LogP contribution is -2.65. The van der Waals surface area contributed by atoms with Crippen LogP contribution in [-0.2, 0) is 30.4 Å².